The Bertz CT molecular complexity index is 2320. The third-order valence-corrected chi connectivity index (χ3v) is 8.40. The highest BCUT2D eigenvalue weighted by Gasteiger charge is 2.36. The number of aromatic nitrogens is 6. The largest absolute Gasteiger partial charge is 0.481 e. The minimum Gasteiger partial charge on any atom is -0.481 e. The fourth-order valence-corrected chi connectivity index (χ4v) is 5.96. The van der Waals surface area contributed by atoms with Crippen LogP contribution >= 0.6 is 23.2 Å². The summed E-state index contributed by atoms with van der Waals surface area (Å²) < 4.78 is 125. The van der Waals surface area contributed by atoms with Gasteiger partial charge < -0.3 is 14.6 Å². The molecule has 0 aliphatic rings. The highest BCUT2D eigenvalue weighted by atomic mass is 35.5. The van der Waals surface area contributed by atoms with Gasteiger partial charge in [0.1, 0.15) is 11.5 Å². The van der Waals surface area contributed by atoms with Crippen molar-refractivity contribution in [2.45, 2.75) is 24.7 Å². The molecule has 4 aromatic rings. The summed E-state index contributed by atoms with van der Waals surface area (Å²) in [6.45, 7) is -1.85. The van der Waals surface area contributed by atoms with E-state index in [1.807, 2.05) is 5.32 Å². The quantitative estimate of drug-likeness (QED) is 0.167. The van der Waals surface area contributed by atoms with Crippen LogP contribution < -0.4 is 29.9 Å². The first kappa shape index (κ1) is 42.1. The maximum absolute atomic E-state index is 12.8. The lowest BCUT2D eigenvalue weighted by molar-refractivity contribution is -0.141. The van der Waals surface area contributed by atoms with Crippen LogP contribution in [0.4, 0.5) is 38.4 Å². The van der Waals surface area contributed by atoms with Crippen LogP contribution in [-0.4, -0.2) is 83.7 Å². The molecule has 28 heteroatoms. The Hall–Kier alpha value is -5.34. The maximum atomic E-state index is 12.8. The number of ether oxygens (including phenoxy) is 2. The number of carbonyl (C=O) groups excluding carboxylic acids is 1. The van der Waals surface area contributed by atoms with E-state index >= 15 is 0 Å². The number of aryl methyl sites for hydroxylation is 1. The van der Waals surface area contributed by atoms with E-state index < -0.39 is 72.7 Å². The molecule has 53 heavy (non-hydrogen) atoms. The average Bonchev–Trinajstić information content (AvgIpc) is 3.33. The molecular weight excluding hydrogens is 816 g/mol. The van der Waals surface area contributed by atoms with E-state index in [-0.39, 0.29) is 43.6 Å². The summed E-state index contributed by atoms with van der Waals surface area (Å²) >= 11 is 11.8. The first-order valence-corrected chi connectivity index (χ1v) is 17.6. The fraction of sp³-hybridized carbons (Fsp3) is 0.240. The van der Waals surface area contributed by atoms with Gasteiger partial charge in [0.05, 0.1) is 53.5 Å². The summed E-state index contributed by atoms with van der Waals surface area (Å²) in [7, 11) is -6.31. The number of nitrogens with one attached hydrogen (secondary N) is 3. The number of hydrogen-bond acceptors (Lipinski definition) is 13. The standard InChI is InChI=1S/C14H12F3N5O7S.C11H10Cl2F2N4O3S/c1-28-8-5-9(29-2)20-12(19-8)21-13(25)22-30(26,27)10-6(11(23)24)3-4-7(18-10)14(15,16)17;1-5-16-19(11(20)18(5)10(14)15)9-4-8(17-23(2,21)22)6(12)3-7(9)13/h3-5H,1-2H3,(H,23,24)(H2,19,20,21,22,25);3-4,10,17H,1-2H3. The van der Waals surface area contributed by atoms with Gasteiger partial charge in [-0.2, -0.15) is 45.0 Å². The van der Waals surface area contributed by atoms with E-state index in [1.54, 1.807) is 0 Å². The average molecular weight is 839 g/mol. The maximum Gasteiger partial charge on any atom is 0.433 e. The molecule has 0 aliphatic carbocycles. The van der Waals surface area contributed by atoms with E-state index in [1.165, 1.54) is 38.0 Å². The number of pyridine rings is 1. The number of nitrogens with zero attached hydrogens (tertiary/aromatic N) is 6. The molecule has 288 valence electrons. The normalized spacial score (nSPS) is 11.7. The SMILES string of the molecule is COc1cc(OC)nc(NC(=O)NS(=O)(=O)c2nc(C(F)(F)F)ccc2C(=O)O)n1.Cc1nn(-c2cc(NS(C)(=O)=O)c(Cl)cc2Cl)c(=O)n1C(F)F. The number of rotatable bonds is 10. The van der Waals surface area contributed by atoms with Gasteiger partial charge in [-0.25, -0.2) is 37.1 Å². The number of methoxy groups -OCH3 is 2. The van der Waals surface area contributed by atoms with Crippen molar-refractivity contribution in [2.24, 2.45) is 0 Å². The Morgan fingerprint density at radius 3 is 2.02 bits per heavy atom. The Morgan fingerprint density at radius 1 is 0.962 bits per heavy atom. The molecule has 0 aliphatic heterocycles. The molecule has 3 aromatic heterocycles. The van der Waals surface area contributed by atoms with Crippen LogP contribution in [0.5, 0.6) is 11.8 Å². The van der Waals surface area contributed by atoms with E-state index in [0.717, 1.165) is 12.3 Å². The van der Waals surface area contributed by atoms with Crippen molar-refractivity contribution in [1.29, 1.82) is 0 Å². The van der Waals surface area contributed by atoms with E-state index in [0.29, 0.717) is 16.8 Å². The third-order valence-electron chi connectivity index (χ3n) is 5.92. The zero-order valence-corrected chi connectivity index (χ0v) is 29.9. The molecule has 3 heterocycles. The Labute approximate surface area is 303 Å². The predicted molar refractivity (Wildman–Crippen MR) is 173 cm³/mol. The number of carbonyl (C=O) groups is 2. The second-order valence-electron chi connectivity index (χ2n) is 9.73. The summed E-state index contributed by atoms with van der Waals surface area (Å²) in [5, 5.41) is 13.1. The van der Waals surface area contributed by atoms with E-state index in [9.17, 15) is 53.2 Å². The third kappa shape index (κ3) is 10.6. The van der Waals surface area contributed by atoms with Crippen molar-refractivity contribution >= 4 is 66.9 Å². The molecule has 19 nitrogen and oxygen atoms in total. The summed E-state index contributed by atoms with van der Waals surface area (Å²) in [5.74, 6) is -2.71. The molecule has 0 spiro atoms. The Balaban J connectivity index is 0.000000295. The number of aromatic carboxylic acids is 1. The molecule has 4 N–H and O–H groups in total. The summed E-state index contributed by atoms with van der Waals surface area (Å²) in [6.07, 6.45) is -4.16. The molecule has 0 unspecified atom stereocenters. The molecule has 4 rings (SSSR count). The Kier molecular flexibility index (Phi) is 12.8. The fourth-order valence-electron chi connectivity index (χ4n) is 3.77. The monoisotopic (exact) mass is 837 g/mol. The van der Waals surface area contributed by atoms with Gasteiger partial charge in [0.2, 0.25) is 27.7 Å². The van der Waals surface area contributed by atoms with Crippen LogP contribution in [0.1, 0.15) is 28.4 Å². The number of amides is 2. The molecule has 0 bridgehead atoms. The second kappa shape index (κ2) is 16.1. The van der Waals surface area contributed by atoms with Crippen LogP contribution in [0.25, 0.3) is 5.69 Å². The number of urea groups is 1. The van der Waals surface area contributed by atoms with Gasteiger partial charge in [0.15, 0.2) is 5.03 Å². The van der Waals surface area contributed by atoms with Gasteiger partial charge in [0.25, 0.3) is 10.0 Å². The van der Waals surface area contributed by atoms with Crippen molar-refractivity contribution in [2.75, 3.05) is 30.5 Å². The minimum absolute atomic E-state index is 0.0257. The van der Waals surface area contributed by atoms with Crippen molar-refractivity contribution < 1.29 is 63.0 Å². The van der Waals surface area contributed by atoms with E-state index in [4.69, 9.17) is 37.8 Å². The predicted octanol–water partition coefficient (Wildman–Crippen LogP) is 3.53. The lowest BCUT2D eigenvalue weighted by Gasteiger charge is -2.12. The summed E-state index contributed by atoms with van der Waals surface area (Å²) in [4.78, 5) is 45.4. The molecule has 0 fully saturated rings. The van der Waals surface area contributed by atoms with Crippen LogP contribution in [0.3, 0.4) is 0 Å². The number of carboxylic acid groups (broad SMARTS) is 1. The number of alkyl halides is 5. The van der Waals surface area contributed by atoms with Crippen molar-refractivity contribution in [3.05, 3.63) is 67.9 Å². The number of halogens is 7. The first-order valence-electron chi connectivity index (χ1n) is 13.4. The molecule has 0 saturated carbocycles. The number of carboxylic acids is 1. The smallest absolute Gasteiger partial charge is 0.433 e. The van der Waals surface area contributed by atoms with Gasteiger partial charge in [-0.05, 0) is 31.2 Å². The van der Waals surface area contributed by atoms with Crippen molar-refractivity contribution in [3.63, 3.8) is 0 Å². The lowest BCUT2D eigenvalue weighted by atomic mass is 10.2. The van der Waals surface area contributed by atoms with Gasteiger partial charge in [-0.15, -0.1) is 5.10 Å². The van der Waals surface area contributed by atoms with Crippen LogP contribution in [-0.2, 0) is 26.2 Å². The van der Waals surface area contributed by atoms with E-state index in [2.05, 4.69) is 24.8 Å². The van der Waals surface area contributed by atoms with Gasteiger partial charge in [-0.1, -0.05) is 23.2 Å². The first-order chi connectivity index (χ1) is 24.4. The molecule has 0 atom stereocenters. The highest BCUT2D eigenvalue weighted by Crippen LogP contribution is 2.32. The van der Waals surface area contributed by atoms with Crippen molar-refractivity contribution in [3.8, 4) is 17.4 Å². The number of sulfonamides is 2. The Morgan fingerprint density at radius 2 is 1.55 bits per heavy atom. The number of hydrogen-bond donors (Lipinski definition) is 4. The van der Waals surface area contributed by atoms with Gasteiger partial charge >= 0.3 is 30.4 Å². The highest BCUT2D eigenvalue weighted by molar-refractivity contribution is 7.92. The molecule has 0 saturated heterocycles. The van der Waals surface area contributed by atoms with Gasteiger partial charge in [0, 0.05) is 0 Å². The lowest BCUT2D eigenvalue weighted by Crippen LogP contribution is -2.36. The number of anilines is 2. The van der Waals surface area contributed by atoms with Crippen LogP contribution in [0, 0.1) is 6.92 Å². The molecule has 1 aromatic carbocycles. The van der Waals surface area contributed by atoms with Crippen LogP contribution in [0.15, 0.2) is 40.2 Å². The summed E-state index contributed by atoms with van der Waals surface area (Å²) in [6, 6.07) is 2.73. The molecular formula is C25H22Cl2F5N9O10S2. The van der Waals surface area contributed by atoms with Crippen molar-refractivity contribution in [1.82, 2.24) is 34.0 Å². The van der Waals surface area contributed by atoms with Crippen LogP contribution in [0.2, 0.25) is 10.0 Å². The molecule has 0 radical (unpaired) electrons. The zero-order chi connectivity index (χ0) is 40.2. The van der Waals surface area contributed by atoms with Gasteiger partial charge in [-0.3, -0.25) is 10.0 Å². The molecule has 2 amide bonds. The topological polar surface area (TPSA) is 256 Å². The number of benzene rings is 1. The minimum atomic E-state index is -5.14. The zero-order valence-electron chi connectivity index (χ0n) is 26.7. The second-order valence-corrected chi connectivity index (χ2v) is 13.9. The summed E-state index contributed by atoms with van der Waals surface area (Å²) in [5.41, 5.74) is -4.02.